The molecule has 3 aromatic rings. The largest absolute Gasteiger partial charge is 0.348 e. The van der Waals surface area contributed by atoms with E-state index < -0.39 is 17.5 Å². The van der Waals surface area contributed by atoms with Gasteiger partial charge in [0.1, 0.15) is 5.82 Å². The molecule has 1 saturated carbocycles. The van der Waals surface area contributed by atoms with Crippen LogP contribution in [0.15, 0.2) is 24.5 Å². The Morgan fingerprint density at radius 3 is 2.84 bits per heavy atom. The molecule has 8 heteroatoms. The van der Waals surface area contributed by atoms with Crippen molar-refractivity contribution in [2.45, 2.75) is 25.8 Å². The number of rotatable bonds is 3. The van der Waals surface area contributed by atoms with Crippen molar-refractivity contribution in [3.63, 3.8) is 0 Å². The second-order valence-electron chi connectivity index (χ2n) is 6.09. The summed E-state index contributed by atoms with van der Waals surface area (Å²) < 4.78 is 28.7. The van der Waals surface area contributed by atoms with Crippen molar-refractivity contribution in [1.29, 1.82) is 0 Å². The van der Waals surface area contributed by atoms with Crippen molar-refractivity contribution < 1.29 is 13.6 Å². The lowest BCUT2D eigenvalue weighted by Gasteiger charge is -2.08. The molecular weight excluding hydrogens is 350 g/mol. The molecule has 0 aliphatic heterocycles. The van der Waals surface area contributed by atoms with Crippen molar-refractivity contribution in [3.05, 3.63) is 52.4 Å². The standard InChI is InChI=1S/C17H13ClF2N4O/c1-8-4-12(18)13(20)5-11(8)14-15(17(25)22-10-2-3-10)23-24-7-9(19)6-21-16(14)24/h4-7,10H,2-3H2,1H3,(H,22,25). The van der Waals surface area contributed by atoms with Gasteiger partial charge in [0.15, 0.2) is 17.2 Å². The van der Waals surface area contributed by atoms with E-state index in [0.29, 0.717) is 16.7 Å². The molecule has 128 valence electrons. The van der Waals surface area contributed by atoms with Crippen LogP contribution in [0.4, 0.5) is 8.78 Å². The molecule has 0 saturated heterocycles. The van der Waals surface area contributed by atoms with Crippen LogP contribution in [0.25, 0.3) is 16.8 Å². The van der Waals surface area contributed by atoms with Crippen LogP contribution >= 0.6 is 11.6 Å². The van der Waals surface area contributed by atoms with Crippen LogP contribution in [0.1, 0.15) is 28.9 Å². The Hall–Kier alpha value is -2.54. The summed E-state index contributed by atoms with van der Waals surface area (Å²) in [6.45, 7) is 1.75. The van der Waals surface area contributed by atoms with Crippen molar-refractivity contribution in [1.82, 2.24) is 19.9 Å². The molecule has 1 fully saturated rings. The van der Waals surface area contributed by atoms with E-state index >= 15 is 0 Å². The number of hydrogen-bond acceptors (Lipinski definition) is 3. The van der Waals surface area contributed by atoms with Gasteiger partial charge in [0, 0.05) is 6.04 Å². The average molecular weight is 363 g/mol. The molecule has 2 heterocycles. The Bertz CT molecular complexity index is 1010. The Morgan fingerprint density at radius 1 is 1.36 bits per heavy atom. The van der Waals surface area contributed by atoms with Gasteiger partial charge in [-0.25, -0.2) is 18.3 Å². The normalized spacial score (nSPS) is 14.1. The Morgan fingerprint density at radius 2 is 2.12 bits per heavy atom. The van der Waals surface area contributed by atoms with Gasteiger partial charge in [-0.2, -0.15) is 5.10 Å². The van der Waals surface area contributed by atoms with Gasteiger partial charge in [-0.3, -0.25) is 4.79 Å². The first-order valence-corrected chi connectivity index (χ1v) is 8.12. The summed E-state index contributed by atoms with van der Waals surface area (Å²) in [5.41, 5.74) is 1.80. The van der Waals surface area contributed by atoms with Gasteiger partial charge < -0.3 is 5.32 Å². The average Bonchev–Trinajstić information content (AvgIpc) is 3.29. The van der Waals surface area contributed by atoms with Crippen LogP contribution in [0.2, 0.25) is 5.02 Å². The summed E-state index contributed by atoms with van der Waals surface area (Å²) in [4.78, 5) is 16.6. The van der Waals surface area contributed by atoms with Crippen LogP contribution in [0.3, 0.4) is 0 Å². The van der Waals surface area contributed by atoms with E-state index in [1.807, 2.05) is 0 Å². The third-order valence-electron chi connectivity index (χ3n) is 4.11. The fourth-order valence-corrected chi connectivity index (χ4v) is 2.93. The molecular formula is C17H13ClF2N4O. The number of carbonyl (C=O) groups excluding carboxylic acids is 1. The van der Waals surface area contributed by atoms with E-state index in [2.05, 4.69) is 15.4 Å². The van der Waals surface area contributed by atoms with Gasteiger partial charge in [-0.05, 0) is 43.0 Å². The molecule has 2 aromatic heterocycles. The molecule has 1 aliphatic rings. The molecule has 0 spiro atoms. The van der Waals surface area contributed by atoms with Crippen LogP contribution in [0.5, 0.6) is 0 Å². The predicted molar refractivity (Wildman–Crippen MR) is 88.6 cm³/mol. The number of nitrogens with zero attached hydrogens (tertiary/aromatic N) is 3. The molecule has 0 radical (unpaired) electrons. The highest BCUT2D eigenvalue weighted by atomic mass is 35.5. The van der Waals surface area contributed by atoms with Gasteiger partial charge in [0.2, 0.25) is 0 Å². The van der Waals surface area contributed by atoms with Gasteiger partial charge in [0.05, 0.1) is 23.0 Å². The first-order chi connectivity index (χ1) is 11.9. The number of benzene rings is 1. The van der Waals surface area contributed by atoms with E-state index in [-0.39, 0.29) is 22.4 Å². The van der Waals surface area contributed by atoms with Crippen LogP contribution in [0, 0.1) is 18.6 Å². The highest BCUT2D eigenvalue weighted by Crippen LogP contribution is 2.33. The minimum absolute atomic E-state index is 0.0132. The maximum Gasteiger partial charge on any atom is 0.272 e. The van der Waals surface area contributed by atoms with E-state index in [4.69, 9.17) is 11.6 Å². The second kappa shape index (κ2) is 5.77. The third-order valence-corrected chi connectivity index (χ3v) is 4.39. The van der Waals surface area contributed by atoms with Gasteiger partial charge in [0.25, 0.3) is 5.91 Å². The summed E-state index contributed by atoms with van der Waals surface area (Å²) in [5.74, 6) is -1.59. The zero-order valence-corrected chi connectivity index (χ0v) is 13.9. The number of fused-ring (bicyclic) bond motifs is 1. The zero-order valence-electron chi connectivity index (χ0n) is 13.2. The second-order valence-corrected chi connectivity index (χ2v) is 6.50. The smallest absolute Gasteiger partial charge is 0.272 e. The predicted octanol–water partition coefficient (Wildman–Crippen LogP) is 3.53. The number of amides is 1. The molecule has 1 amide bonds. The molecule has 1 aliphatic carbocycles. The fraction of sp³-hybridized carbons (Fsp3) is 0.235. The quantitative estimate of drug-likeness (QED) is 0.775. The molecule has 0 unspecified atom stereocenters. The Kier molecular flexibility index (Phi) is 3.68. The van der Waals surface area contributed by atoms with Crippen molar-refractivity contribution in [2.75, 3.05) is 0 Å². The number of halogens is 3. The van der Waals surface area contributed by atoms with Crippen molar-refractivity contribution in [2.24, 2.45) is 0 Å². The highest BCUT2D eigenvalue weighted by molar-refractivity contribution is 6.31. The Balaban J connectivity index is 1.96. The minimum Gasteiger partial charge on any atom is -0.348 e. The van der Waals surface area contributed by atoms with E-state index in [9.17, 15) is 13.6 Å². The summed E-state index contributed by atoms with van der Waals surface area (Å²) >= 11 is 5.83. The van der Waals surface area contributed by atoms with E-state index in [1.165, 1.54) is 16.6 Å². The third kappa shape index (κ3) is 2.84. The summed E-state index contributed by atoms with van der Waals surface area (Å²) in [7, 11) is 0. The first kappa shape index (κ1) is 16.0. The minimum atomic E-state index is -0.614. The molecule has 1 N–H and O–H groups in total. The van der Waals surface area contributed by atoms with Gasteiger partial charge in [-0.1, -0.05) is 11.6 Å². The summed E-state index contributed by atoms with van der Waals surface area (Å²) in [6, 6.07) is 2.84. The highest BCUT2D eigenvalue weighted by Gasteiger charge is 2.29. The molecule has 4 rings (SSSR count). The van der Waals surface area contributed by atoms with Gasteiger partial charge in [-0.15, -0.1) is 0 Å². The van der Waals surface area contributed by atoms with Crippen LogP contribution in [-0.4, -0.2) is 26.5 Å². The van der Waals surface area contributed by atoms with Crippen LogP contribution < -0.4 is 5.32 Å². The molecule has 1 aromatic carbocycles. The number of nitrogens with one attached hydrogen (secondary N) is 1. The SMILES string of the molecule is Cc1cc(Cl)c(F)cc1-c1c(C(=O)NC2CC2)nn2cc(F)cnc12. The monoisotopic (exact) mass is 362 g/mol. The molecule has 0 atom stereocenters. The summed E-state index contributed by atoms with van der Waals surface area (Å²) in [6.07, 6.45) is 3.98. The van der Waals surface area contributed by atoms with E-state index in [0.717, 1.165) is 25.2 Å². The fourth-order valence-electron chi connectivity index (χ4n) is 2.72. The first-order valence-electron chi connectivity index (χ1n) is 7.75. The topological polar surface area (TPSA) is 59.3 Å². The number of hydrogen-bond donors (Lipinski definition) is 1. The maximum atomic E-state index is 14.0. The molecule has 5 nitrogen and oxygen atoms in total. The zero-order chi connectivity index (χ0) is 17.7. The lowest BCUT2D eigenvalue weighted by atomic mass is 10.00. The van der Waals surface area contributed by atoms with Crippen LogP contribution in [-0.2, 0) is 0 Å². The number of aromatic nitrogens is 3. The van der Waals surface area contributed by atoms with E-state index in [1.54, 1.807) is 6.92 Å². The molecule has 25 heavy (non-hydrogen) atoms. The van der Waals surface area contributed by atoms with Gasteiger partial charge >= 0.3 is 0 Å². The van der Waals surface area contributed by atoms with Crippen molar-refractivity contribution >= 4 is 23.2 Å². The molecule has 0 bridgehead atoms. The lowest BCUT2D eigenvalue weighted by molar-refractivity contribution is 0.0946. The lowest BCUT2D eigenvalue weighted by Crippen LogP contribution is -2.26. The summed E-state index contributed by atoms with van der Waals surface area (Å²) in [5, 5.41) is 7.00. The Labute approximate surface area is 146 Å². The number of carbonyl (C=O) groups is 1. The maximum absolute atomic E-state index is 14.0. The van der Waals surface area contributed by atoms with Crippen molar-refractivity contribution in [3.8, 4) is 11.1 Å². The number of aryl methyl sites for hydroxylation is 1.